The Kier molecular flexibility index (Phi) is 6.32. The van der Waals surface area contributed by atoms with Gasteiger partial charge in [-0.1, -0.05) is 19.1 Å². The Labute approximate surface area is 117 Å². The molecule has 1 atom stereocenters. The van der Waals surface area contributed by atoms with Gasteiger partial charge in [0.25, 0.3) is 0 Å². The number of methoxy groups -OCH3 is 1. The van der Waals surface area contributed by atoms with Gasteiger partial charge in [0.2, 0.25) is 0 Å². The van der Waals surface area contributed by atoms with Crippen LogP contribution in [0.4, 0.5) is 0 Å². The monoisotopic (exact) mass is 265 g/mol. The topological polar surface area (TPSA) is 30.5 Å². The van der Waals surface area contributed by atoms with Gasteiger partial charge < -0.3 is 14.8 Å². The van der Waals surface area contributed by atoms with Crippen molar-refractivity contribution in [3.8, 4) is 5.75 Å². The lowest BCUT2D eigenvalue weighted by molar-refractivity contribution is 0.0214. The Morgan fingerprint density at radius 3 is 2.37 bits per heavy atom. The van der Waals surface area contributed by atoms with E-state index in [0.29, 0.717) is 6.04 Å². The molecule has 1 N–H and O–H groups in total. The van der Waals surface area contributed by atoms with Crippen LogP contribution in [0.1, 0.15) is 45.7 Å². The third kappa shape index (κ3) is 5.62. The van der Waals surface area contributed by atoms with Crippen LogP contribution in [0.3, 0.4) is 0 Å². The average Bonchev–Trinajstić information content (AvgIpc) is 2.43. The highest BCUT2D eigenvalue weighted by Crippen LogP contribution is 2.18. The van der Waals surface area contributed by atoms with Crippen molar-refractivity contribution >= 4 is 0 Å². The first kappa shape index (κ1) is 16.0. The zero-order chi connectivity index (χ0) is 14.3. The molecular formula is C16H27NO2. The van der Waals surface area contributed by atoms with Crippen molar-refractivity contribution in [2.45, 2.75) is 45.8 Å². The van der Waals surface area contributed by atoms with E-state index in [-0.39, 0.29) is 5.60 Å². The maximum atomic E-state index is 5.58. The van der Waals surface area contributed by atoms with Crippen molar-refractivity contribution in [3.05, 3.63) is 29.8 Å². The Morgan fingerprint density at radius 2 is 1.84 bits per heavy atom. The van der Waals surface area contributed by atoms with Gasteiger partial charge >= 0.3 is 0 Å². The first-order chi connectivity index (χ1) is 8.98. The van der Waals surface area contributed by atoms with Crippen molar-refractivity contribution in [2.24, 2.45) is 0 Å². The molecule has 1 unspecified atom stereocenters. The molecule has 0 spiro atoms. The quantitative estimate of drug-likeness (QED) is 0.779. The van der Waals surface area contributed by atoms with E-state index in [1.165, 1.54) is 5.56 Å². The fourth-order valence-corrected chi connectivity index (χ4v) is 1.66. The molecule has 0 fully saturated rings. The molecule has 1 aromatic carbocycles. The molecule has 0 aliphatic carbocycles. The van der Waals surface area contributed by atoms with E-state index < -0.39 is 0 Å². The summed E-state index contributed by atoms with van der Waals surface area (Å²) in [5.41, 5.74) is 1.12. The Morgan fingerprint density at radius 1 is 1.21 bits per heavy atom. The second kappa shape index (κ2) is 7.51. The molecule has 3 nitrogen and oxygen atoms in total. The molecule has 0 saturated heterocycles. The van der Waals surface area contributed by atoms with Crippen LogP contribution >= 0.6 is 0 Å². The smallest absolute Gasteiger partial charge is 0.119 e. The van der Waals surface area contributed by atoms with Crippen molar-refractivity contribution in [3.63, 3.8) is 0 Å². The van der Waals surface area contributed by atoms with Gasteiger partial charge in [-0.2, -0.15) is 0 Å². The summed E-state index contributed by atoms with van der Waals surface area (Å²) in [6.45, 7) is 10.0. The molecule has 19 heavy (non-hydrogen) atoms. The number of hydrogen-bond donors (Lipinski definition) is 1. The molecule has 0 radical (unpaired) electrons. The third-order valence-corrected chi connectivity index (χ3v) is 3.24. The summed E-state index contributed by atoms with van der Waals surface area (Å²) in [5.74, 6) is 0.940. The molecule has 0 amide bonds. The van der Waals surface area contributed by atoms with Crippen LogP contribution in [0.5, 0.6) is 5.75 Å². The molecule has 0 aliphatic rings. The zero-order valence-corrected chi connectivity index (χ0v) is 12.8. The fourth-order valence-electron chi connectivity index (χ4n) is 1.66. The van der Waals surface area contributed by atoms with Crippen LogP contribution < -0.4 is 10.1 Å². The molecule has 1 aromatic rings. The summed E-state index contributed by atoms with van der Waals surface area (Å²) in [7, 11) is 1.74. The van der Waals surface area contributed by atoms with Gasteiger partial charge in [-0.25, -0.2) is 0 Å². The van der Waals surface area contributed by atoms with Gasteiger partial charge in [-0.05, 0) is 44.9 Å². The van der Waals surface area contributed by atoms with Crippen LogP contribution in [0.25, 0.3) is 0 Å². The molecule has 0 bridgehead atoms. The standard InChI is InChI=1S/C16H27NO2/c1-6-11-19-15-9-7-14(8-10-15)13(2)17-12-16(3,4)18-5/h7-10,13,17H,6,11-12H2,1-5H3. The molecule has 3 heteroatoms. The Balaban J connectivity index is 2.50. The van der Waals surface area contributed by atoms with Gasteiger partial charge in [0, 0.05) is 19.7 Å². The summed E-state index contributed by atoms with van der Waals surface area (Å²) < 4.78 is 11.0. The van der Waals surface area contributed by atoms with E-state index in [1.54, 1.807) is 7.11 Å². The zero-order valence-electron chi connectivity index (χ0n) is 12.8. The second-order valence-corrected chi connectivity index (χ2v) is 5.48. The molecule has 108 valence electrons. The van der Waals surface area contributed by atoms with Crippen LogP contribution in [0, 0.1) is 0 Å². The lowest BCUT2D eigenvalue weighted by Crippen LogP contribution is -2.37. The summed E-state index contributed by atoms with van der Waals surface area (Å²) in [5, 5.41) is 3.49. The highest BCUT2D eigenvalue weighted by molar-refractivity contribution is 5.28. The molecule has 0 heterocycles. The Bertz CT molecular complexity index is 360. The van der Waals surface area contributed by atoms with Crippen molar-refractivity contribution < 1.29 is 9.47 Å². The molecule has 0 aromatic heterocycles. The first-order valence-electron chi connectivity index (χ1n) is 7.00. The second-order valence-electron chi connectivity index (χ2n) is 5.48. The van der Waals surface area contributed by atoms with E-state index in [9.17, 15) is 0 Å². The lowest BCUT2D eigenvalue weighted by Gasteiger charge is -2.26. The SMILES string of the molecule is CCCOc1ccc(C(C)NCC(C)(C)OC)cc1. The van der Waals surface area contributed by atoms with E-state index in [2.05, 4.69) is 45.1 Å². The van der Waals surface area contributed by atoms with Gasteiger partial charge in [-0.15, -0.1) is 0 Å². The summed E-state index contributed by atoms with van der Waals surface area (Å²) >= 11 is 0. The first-order valence-corrected chi connectivity index (χ1v) is 7.00. The van der Waals surface area contributed by atoms with Crippen molar-refractivity contribution in [1.29, 1.82) is 0 Å². The minimum absolute atomic E-state index is 0.140. The number of hydrogen-bond acceptors (Lipinski definition) is 3. The summed E-state index contributed by atoms with van der Waals surface area (Å²) in [4.78, 5) is 0. The van der Waals surface area contributed by atoms with Crippen LogP contribution in [0.15, 0.2) is 24.3 Å². The minimum atomic E-state index is -0.140. The predicted molar refractivity (Wildman–Crippen MR) is 79.7 cm³/mol. The van der Waals surface area contributed by atoms with Gasteiger partial charge in [0.05, 0.1) is 12.2 Å². The van der Waals surface area contributed by atoms with Gasteiger partial charge in [0.1, 0.15) is 5.75 Å². The lowest BCUT2D eigenvalue weighted by atomic mass is 10.1. The van der Waals surface area contributed by atoms with Crippen LogP contribution in [-0.2, 0) is 4.74 Å². The number of rotatable bonds is 8. The van der Waals surface area contributed by atoms with Crippen molar-refractivity contribution in [1.82, 2.24) is 5.32 Å². The number of nitrogens with one attached hydrogen (secondary N) is 1. The molecule has 0 aliphatic heterocycles. The van der Waals surface area contributed by atoms with E-state index in [4.69, 9.17) is 9.47 Å². The fraction of sp³-hybridized carbons (Fsp3) is 0.625. The highest BCUT2D eigenvalue weighted by Gasteiger charge is 2.17. The average molecular weight is 265 g/mol. The highest BCUT2D eigenvalue weighted by atomic mass is 16.5. The number of benzene rings is 1. The van der Waals surface area contributed by atoms with E-state index in [1.807, 2.05) is 12.1 Å². The third-order valence-electron chi connectivity index (χ3n) is 3.24. The molecular weight excluding hydrogens is 238 g/mol. The molecule has 0 saturated carbocycles. The maximum Gasteiger partial charge on any atom is 0.119 e. The van der Waals surface area contributed by atoms with Crippen LogP contribution in [-0.4, -0.2) is 25.9 Å². The van der Waals surface area contributed by atoms with Gasteiger partial charge in [-0.3, -0.25) is 0 Å². The van der Waals surface area contributed by atoms with Crippen molar-refractivity contribution in [2.75, 3.05) is 20.3 Å². The Hall–Kier alpha value is -1.06. The summed E-state index contributed by atoms with van der Waals surface area (Å²) in [6, 6.07) is 8.59. The van der Waals surface area contributed by atoms with E-state index >= 15 is 0 Å². The maximum absolute atomic E-state index is 5.58. The van der Waals surface area contributed by atoms with E-state index in [0.717, 1.165) is 25.3 Å². The number of ether oxygens (including phenoxy) is 2. The predicted octanol–water partition coefficient (Wildman–Crippen LogP) is 3.55. The van der Waals surface area contributed by atoms with Gasteiger partial charge in [0.15, 0.2) is 0 Å². The summed E-state index contributed by atoms with van der Waals surface area (Å²) in [6.07, 6.45) is 1.03. The normalized spacial score (nSPS) is 13.3. The largest absolute Gasteiger partial charge is 0.494 e. The van der Waals surface area contributed by atoms with Crippen LogP contribution in [0.2, 0.25) is 0 Å². The minimum Gasteiger partial charge on any atom is -0.494 e. The molecule has 1 rings (SSSR count).